The number of amides is 3. The third-order valence-corrected chi connectivity index (χ3v) is 6.22. The number of esters is 1. The molecule has 3 amide bonds. The van der Waals surface area contributed by atoms with Crippen LogP contribution in [0.3, 0.4) is 0 Å². The Balaban J connectivity index is 1.79. The molecule has 1 saturated carbocycles. The second-order valence-corrected chi connectivity index (χ2v) is 8.53. The molecule has 3 rings (SSSR count). The average Bonchev–Trinajstić information content (AvgIpc) is 3.09. The summed E-state index contributed by atoms with van der Waals surface area (Å²) in [4.78, 5) is 40.9. The van der Waals surface area contributed by atoms with Gasteiger partial charge in [-0.05, 0) is 30.9 Å². The number of aromatic nitrogens is 1. The first-order chi connectivity index (χ1) is 13.4. The highest BCUT2D eigenvalue weighted by Gasteiger charge is 2.38. The van der Waals surface area contributed by atoms with Crippen LogP contribution in [0.2, 0.25) is 0 Å². The van der Waals surface area contributed by atoms with E-state index in [4.69, 9.17) is 15.5 Å². The van der Waals surface area contributed by atoms with Crippen molar-refractivity contribution in [1.82, 2.24) is 10.3 Å². The zero-order valence-corrected chi connectivity index (χ0v) is 16.8. The van der Waals surface area contributed by atoms with Gasteiger partial charge in [0.2, 0.25) is 0 Å². The number of nitrogens with zero attached hydrogens (tertiary/aromatic N) is 1. The standard InChI is InChI=1S/C20H25N3O4S/c1-11(2)16(17(24)23-20(21)26)27-19(25)13-8-4-3-7-12(13)18-22-14-9-5-6-10-15(14)28-18/h5-6,9-13,16H,3-4,7-8H2,1-2H3,(H3,21,23,24,26)/t12-,13+,16+/m0/s1. The number of hydrogen-bond acceptors (Lipinski definition) is 6. The molecule has 0 radical (unpaired) electrons. The van der Waals surface area contributed by atoms with Crippen molar-refractivity contribution in [1.29, 1.82) is 0 Å². The third-order valence-electron chi connectivity index (χ3n) is 5.05. The number of nitrogens with two attached hydrogens (primary N) is 1. The van der Waals surface area contributed by atoms with Crippen molar-refractivity contribution >= 4 is 39.5 Å². The molecule has 8 heteroatoms. The molecule has 7 nitrogen and oxygen atoms in total. The van der Waals surface area contributed by atoms with Gasteiger partial charge in [0.15, 0.2) is 6.10 Å². The normalized spacial score (nSPS) is 20.7. The fourth-order valence-corrected chi connectivity index (χ4v) is 4.82. The Labute approximate surface area is 167 Å². The lowest BCUT2D eigenvalue weighted by molar-refractivity contribution is -0.163. The number of thiazole rings is 1. The second kappa shape index (κ2) is 8.68. The Morgan fingerprint density at radius 1 is 1.21 bits per heavy atom. The Hall–Kier alpha value is -2.48. The number of nitrogens with one attached hydrogen (secondary N) is 1. The maximum absolute atomic E-state index is 13.0. The lowest BCUT2D eigenvalue weighted by Crippen LogP contribution is -2.46. The van der Waals surface area contributed by atoms with Gasteiger partial charge in [-0.25, -0.2) is 9.78 Å². The van der Waals surface area contributed by atoms with E-state index in [9.17, 15) is 14.4 Å². The Morgan fingerprint density at radius 2 is 1.93 bits per heavy atom. The molecule has 0 saturated heterocycles. The molecule has 0 aliphatic heterocycles. The van der Waals surface area contributed by atoms with E-state index < -0.39 is 24.0 Å². The van der Waals surface area contributed by atoms with Crippen molar-refractivity contribution in [3.8, 4) is 0 Å². The number of hydrogen-bond donors (Lipinski definition) is 2. The molecule has 1 aliphatic carbocycles. The Bertz CT molecular complexity index is 846. The Morgan fingerprint density at radius 3 is 2.61 bits per heavy atom. The number of imide groups is 1. The smallest absolute Gasteiger partial charge is 0.318 e. The van der Waals surface area contributed by atoms with Gasteiger partial charge >= 0.3 is 12.0 Å². The van der Waals surface area contributed by atoms with E-state index in [-0.39, 0.29) is 17.8 Å². The maximum atomic E-state index is 13.0. The summed E-state index contributed by atoms with van der Waals surface area (Å²) in [6.07, 6.45) is 2.46. The van der Waals surface area contributed by atoms with Crippen molar-refractivity contribution in [3.63, 3.8) is 0 Å². The van der Waals surface area contributed by atoms with Gasteiger partial charge in [0.1, 0.15) is 0 Å². The van der Waals surface area contributed by atoms with E-state index in [1.165, 1.54) is 0 Å². The maximum Gasteiger partial charge on any atom is 0.318 e. The van der Waals surface area contributed by atoms with Crippen LogP contribution < -0.4 is 11.1 Å². The fourth-order valence-electron chi connectivity index (χ4n) is 3.65. The van der Waals surface area contributed by atoms with Crippen molar-refractivity contribution in [2.24, 2.45) is 17.6 Å². The minimum absolute atomic E-state index is 0.0225. The van der Waals surface area contributed by atoms with Gasteiger partial charge in [-0.1, -0.05) is 38.8 Å². The predicted octanol–water partition coefficient (Wildman–Crippen LogP) is 3.33. The van der Waals surface area contributed by atoms with Crippen molar-refractivity contribution < 1.29 is 19.1 Å². The molecule has 28 heavy (non-hydrogen) atoms. The van der Waals surface area contributed by atoms with Crippen LogP contribution in [-0.4, -0.2) is 29.0 Å². The van der Waals surface area contributed by atoms with Gasteiger partial charge in [-0.3, -0.25) is 14.9 Å². The van der Waals surface area contributed by atoms with E-state index in [1.54, 1.807) is 25.2 Å². The summed E-state index contributed by atoms with van der Waals surface area (Å²) < 4.78 is 6.65. The summed E-state index contributed by atoms with van der Waals surface area (Å²) in [6.45, 7) is 3.51. The SMILES string of the molecule is CC(C)[C@@H](OC(=O)[C@@H]1CCCC[C@@H]1c1nc2ccccc2s1)C(=O)NC(N)=O. The number of para-hydroxylation sites is 1. The molecule has 3 atom stereocenters. The summed E-state index contributed by atoms with van der Waals surface area (Å²) in [7, 11) is 0. The monoisotopic (exact) mass is 403 g/mol. The molecule has 3 N–H and O–H groups in total. The topological polar surface area (TPSA) is 111 Å². The van der Waals surface area contributed by atoms with E-state index in [0.29, 0.717) is 6.42 Å². The molecule has 0 spiro atoms. The van der Waals surface area contributed by atoms with E-state index in [0.717, 1.165) is 34.5 Å². The summed E-state index contributed by atoms with van der Waals surface area (Å²) in [6, 6.07) is 6.95. The van der Waals surface area contributed by atoms with Crippen molar-refractivity contribution in [2.75, 3.05) is 0 Å². The van der Waals surface area contributed by atoms with Gasteiger partial charge in [-0.15, -0.1) is 11.3 Å². The fraction of sp³-hybridized carbons (Fsp3) is 0.500. The first-order valence-corrected chi connectivity index (χ1v) is 10.3. The van der Waals surface area contributed by atoms with Crippen LogP contribution in [0.15, 0.2) is 24.3 Å². The molecule has 0 bridgehead atoms. The molecule has 1 heterocycles. The van der Waals surface area contributed by atoms with Crippen molar-refractivity contribution in [3.05, 3.63) is 29.3 Å². The van der Waals surface area contributed by atoms with Gasteiger partial charge in [0.25, 0.3) is 5.91 Å². The van der Waals surface area contributed by atoms with Crippen LogP contribution in [-0.2, 0) is 14.3 Å². The molecular formula is C20H25N3O4S. The lowest BCUT2D eigenvalue weighted by Gasteiger charge is -2.30. The number of primary amides is 1. The lowest BCUT2D eigenvalue weighted by atomic mass is 9.79. The van der Waals surface area contributed by atoms with Crippen LogP contribution in [0, 0.1) is 11.8 Å². The highest BCUT2D eigenvalue weighted by Crippen LogP contribution is 2.41. The minimum Gasteiger partial charge on any atom is -0.452 e. The number of urea groups is 1. The quantitative estimate of drug-likeness (QED) is 0.744. The van der Waals surface area contributed by atoms with E-state index in [1.807, 2.05) is 29.6 Å². The average molecular weight is 404 g/mol. The van der Waals surface area contributed by atoms with E-state index in [2.05, 4.69) is 0 Å². The number of benzene rings is 1. The highest BCUT2D eigenvalue weighted by atomic mass is 32.1. The van der Waals surface area contributed by atoms with Crippen LogP contribution in [0.1, 0.15) is 50.5 Å². The van der Waals surface area contributed by atoms with Crippen LogP contribution in [0.4, 0.5) is 4.79 Å². The van der Waals surface area contributed by atoms with Crippen molar-refractivity contribution in [2.45, 2.75) is 51.6 Å². The van der Waals surface area contributed by atoms with Gasteiger partial charge in [-0.2, -0.15) is 0 Å². The first-order valence-electron chi connectivity index (χ1n) is 9.53. The number of carbonyl (C=O) groups excluding carboxylic acids is 3. The molecule has 0 unspecified atom stereocenters. The van der Waals surface area contributed by atoms with Crippen LogP contribution >= 0.6 is 11.3 Å². The largest absolute Gasteiger partial charge is 0.452 e. The molecule has 1 aromatic carbocycles. The van der Waals surface area contributed by atoms with Gasteiger partial charge < -0.3 is 10.5 Å². The summed E-state index contributed by atoms with van der Waals surface area (Å²) >= 11 is 1.61. The van der Waals surface area contributed by atoms with Crippen LogP contribution in [0.25, 0.3) is 10.2 Å². The van der Waals surface area contributed by atoms with Gasteiger partial charge in [0, 0.05) is 5.92 Å². The molecule has 1 aliphatic rings. The third kappa shape index (κ3) is 4.49. The summed E-state index contributed by atoms with van der Waals surface area (Å²) in [5, 5.41) is 2.94. The first kappa shape index (κ1) is 20.3. The predicted molar refractivity (Wildman–Crippen MR) is 107 cm³/mol. The summed E-state index contributed by atoms with van der Waals surface area (Å²) in [5.41, 5.74) is 5.95. The minimum atomic E-state index is -1.06. The number of ether oxygens (including phenoxy) is 1. The zero-order valence-electron chi connectivity index (χ0n) is 16.0. The molecule has 1 aromatic heterocycles. The number of fused-ring (bicyclic) bond motifs is 1. The molecule has 2 aromatic rings. The van der Waals surface area contributed by atoms with Gasteiger partial charge in [0.05, 0.1) is 21.1 Å². The highest BCUT2D eigenvalue weighted by molar-refractivity contribution is 7.18. The zero-order chi connectivity index (χ0) is 20.3. The molecule has 1 fully saturated rings. The molecular weight excluding hydrogens is 378 g/mol. The molecule has 150 valence electrons. The number of carbonyl (C=O) groups is 3. The van der Waals surface area contributed by atoms with E-state index >= 15 is 0 Å². The second-order valence-electron chi connectivity index (χ2n) is 7.47. The number of rotatable bonds is 5. The summed E-state index contributed by atoms with van der Waals surface area (Å²) in [5.74, 6) is -1.76. The Kier molecular flexibility index (Phi) is 6.28. The van der Waals surface area contributed by atoms with Crippen LogP contribution in [0.5, 0.6) is 0 Å².